The molecular weight excluding hydrogens is 358 g/mol. The average molecular weight is 385 g/mol. The van der Waals surface area contributed by atoms with Gasteiger partial charge < -0.3 is 24.7 Å². The molecule has 2 aliphatic rings. The summed E-state index contributed by atoms with van der Waals surface area (Å²) >= 11 is 0. The van der Waals surface area contributed by atoms with E-state index < -0.39 is 48.9 Å². The fourth-order valence-corrected chi connectivity index (χ4v) is 3.42. The van der Waals surface area contributed by atoms with Crippen molar-refractivity contribution in [1.29, 1.82) is 0 Å². The van der Waals surface area contributed by atoms with Crippen molar-refractivity contribution in [2.75, 3.05) is 13.6 Å². The summed E-state index contributed by atoms with van der Waals surface area (Å²) in [6.07, 6.45) is 0.971. The van der Waals surface area contributed by atoms with Crippen molar-refractivity contribution in [3.63, 3.8) is 0 Å². The summed E-state index contributed by atoms with van der Waals surface area (Å²) in [6, 6.07) is 0. The third-order valence-corrected chi connectivity index (χ3v) is 5.04. The Morgan fingerprint density at radius 3 is 1.96 bits per heavy atom. The Kier molecular flexibility index (Phi) is 6.46. The highest BCUT2D eigenvalue weighted by atomic mass is 16.7. The molecule has 0 amide bonds. The smallest absolute Gasteiger partial charge is 0.329 e. The van der Waals surface area contributed by atoms with Gasteiger partial charge in [0.25, 0.3) is 0 Å². The number of rotatable bonds is 8. The van der Waals surface area contributed by atoms with E-state index in [0.29, 0.717) is 12.8 Å². The first kappa shape index (κ1) is 21.1. The quantitative estimate of drug-likeness (QED) is 0.474. The van der Waals surface area contributed by atoms with Crippen molar-refractivity contribution in [1.82, 2.24) is 0 Å². The number of fused-ring (bicyclic) bond motifs is 1. The topological polar surface area (TPSA) is 131 Å². The van der Waals surface area contributed by atoms with Gasteiger partial charge in [-0.3, -0.25) is 14.4 Å². The van der Waals surface area contributed by atoms with E-state index in [9.17, 15) is 19.2 Å². The Hall–Kier alpha value is -2.16. The van der Waals surface area contributed by atoms with Gasteiger partial charge in [0.1, 0.15) is 5.54 Å². The van der Waals surface area contributed by atoms with Crippen LogP contribution < -0.4 is 5.73 Å². The zero-order valence-electron chi connectivity index (χ0n) is 16.1. The van der Waals surface area contributed by atoms with Crippen LogP contribution in [0.2, 0.25) is 0 Å². The van der Waals surface area contributed by atoms with E-state index in [0.717, 1.165) is 0 Å². The molecule has 0 saturated heterocycles. The second-order valence-electron chi connectivity index (χ2n) is 7.66. The van der Waals surface area contributed by atoms with Gasteiger partial charge in [-0.2, -0.15) is 0 Å². The summed E-state index contributed by atoms with van der Waals surface area (Å²) in [4.78, 5) is 47.3. The predicted molar refractivity (Wildman–Crippen MR) is 90.4 cm³/mol. The minimum atomic E-state index is -1.31. The van der Waals surface area contributed by atoms with Gasteiger partial charge in [-0.05, 0) is 18.8 Å². The lowest BCUT2D eigenvalue weighted by Gasteiger charge is -2.24. The van der Waals surface area contributed by atoms with Gasteiger partial charge in [0.05, 0.1) is 17.8 Å². The first-order valence-electron chi connectivity index (χ1n) is 9.05. The molecule has 2 N–H and O–H groups in total. The highest BCUT2D eigenvalue weighted by Gasteiger charge is 2.70. The average Bonchev–Trinajstić information content (AvgIpc) is 3.24. The fourth-order valence-electron chi connectivity index (χ4n) is 3.42. The first-order valence-corrected chi connectivity index (χ1v) is 9.05. The van der Waals surface area contributed by atoms with Gasteiger partial charge in [0.15, 0.2) is 0 Å². The van der Waals surface area contributed by atoms with E-state index in [4.69, 9.17) is 24.7 Å². The molecule has 0 heterocycles. The third kappa shape index (κ3) is 4.58. The zero-order valence-corrected chi connectivity index (χ0v) is 16.1. The number of carbonyl (C=O) groups is 4. The highest BCUT2D eigenvalue weighted by Crippen LogP contribution is 2.62. The molecule has 27 heavy (non-hydrogen) atoms. The molecule has 0 aliphatic heterocycles. The van der Waals surface area contributed by atoms with Gasteiger partial charge in [-0.25, -0.2) is 4.79 Å². The number of carbonyl (C=O) groups excluding carboxylic acids is 4. The van der Waals surface area contributed by atoms with Crippen LogP contribution in [0.15, 0.2) is 0 Å². The van der Waals surface area contributed by atoms with Crippen molar-refractivity contribution in [3.8, 4) is 0 Å². The Labute approximate surface area is 157 Å². The number of nitrogens with two attached hydrogens (primary N) is 1. The van der Waals surface area contributed by atoms with Crippen molar-refractivity contribution in [3.05, 3.63) is 0 Å². The van der Waals surface area contributed by atoms with E-state index in [1.165, 1.54) is 0 Å². The summed E-state index contributed by atoms with van der Waals surface area (Å²) < 4.78 is 19.6. The summed E-state index contributed by atoms with van der Waals surface area (Å²) in [5.41, 5.74) is 4.89. The molecule has 9 nitrogen and oxygen atoms in total. The van der Waals surface area contributed by atoms with E-state index in [1.54, 1.807) is 27.7 Å². The van der Waals surface area contributed by atoms with E-state index in [2.05, 4.69) is 0 Å². The van der Waals surface area contributed by atoms with Gasteiger partial charge in [0, 0.05) is 5.92 Å². The van der Waals surface area contributed by atoms with Crippen LogP contribution in [0.4, 0.5) is 0 Å². The van der Waals surface area contributed by atoms with Crippen LogP contribution in [-0.4, -0.2) is 43.0 Å². The minimum Gasteiger partial charge on any atom is -0.428 e. The number of esters is 4. The molecule has 1 unspecified atom stereocenters. The van der Waals surface area contributed by atoms with E-state index in [1.807, 2.05) is 0 Å². The number of hydrogen-bond donors (Lipinski definition) is 1. The molecule has 9 heteroatoms. The Bertz CT molecular complexity index is 616. The largest absolute Gasteiger partial charge is 0.428 e. The number of hydrogen-bond acceptors (Lipinski definition) is 9. The summed E-state index contributed by atoms with van der Waals surface area (Å²) in [5, 5.41) is 0. The Morgan fingerprint density at radius 2 is 1.44 bits per heavy atom. The minimum absolute atomic E-state index is 0.0611. The maximum atomic E-state index is 12.3. The maximum Gasteiger partial charge on any atom is 0.329 e. The van der Waals surface area contributed by atoms with Crippen LogP contribution in [0, 0.1) is 29.6 Å². The molecular formula is C18H27NO8. The summed E-state index contributed by atoms with van der Waals surface area (Å²) in [6.45, 7) is 5.69. The molecule has 0 radical (unpaired) electrons. The fraction of sp³-hybridized carbons (Fsp3) is 0.778. The predicted octanol–water partition coefficient (Wildman–Crippen LogP) is 0.740. The van der Waals surface area contributed by atoms with Crippen molar-refractivity contribution in [2.45, 2.75) is 46.1 Å². The Morgan fingerprint density at radius 1 is 0.926 bits per heavy atom. The SMILES string of the molecule is CC(C)C(=O)OCOC(=O)[C@H]1C2CC[C@@](N)(C(=O)OCOC(=O)C(C)C)[C@@H]21. The molecule has 0 spiro atoms. The molecule has 2 aliphatic carbocycles. The van der Waals surface area contributed by atoms with Crippen LogP contribution in [0.3, 0.4) is 0 Å². The second-order valence-corrected chi connectivity index (χ2v) is 7.66. The van der Waals surface area contributed by atoms with Crippen LogP contribution >= 0.6 is 0 Å². The lowest BCUT2D eigenvalue weighted by molar-refractivity contribution is -0.173. The lowest BCUT2D eigenvalue weighted by atomic mass is 9.91. The zero-order chi connectivity index (χ0) is 20.4. The van der Waals surface area contributed by atoms with Gasteiger partial charge in [-0.15, -0.1) is 0 Å². The van der Waals surface area contributed by atoms with Crippen LogP contribution in [-0.2, 0) is 38.1 Å². The second kappa shape index (κ2) is 8.24. The molecule has 152 valence electrons. The van der Waals surface area contributed by atoms with Crippen molar-refractivity contribution >= 4 is 23.9 Å². The van der Waals surface area contributed by atoms with E-state index in [-0.39, 0.29) is 23.7 Å². The molecule has 0 aromatic rings. The van der Waals surface area contributed by atoms with Crippen molar-refractivity contribution < 1.29 is 38.1 Å². The molecule has 0 aromatic heterocycles. The Balaban J connectivity index is 1.81. The van der Waals surface area contributed by atoms with Gasteiger partial charge in [-0.1, -0.05) is 27.7 Å². The van der Waals surface area contributed by atoms with Crippen LogP contribution in [0.25, 0.3) is 0 Å². The molecule has 2 rings (SSSR count). The van der Waals surface area contributed by atoms with Crippen LogP contribution in [0.1, 0.15) is 40.5 Å². The van der Waals surface area contributed by atoms with Crippen LogP contribution in [0.5, 0.6) is 0 Å². The summed E-state index contributed by atoms with van der Waals surface area (Å²) in [7, 11) is 0. The first-order chi connectivity index (χ1) is 12.6. The molecule has 0 aromatic carbocycles. The monoisotopic (exact) mass is 385 g/mol. The lowest BCUT2D eigenvalue weighted by Crippen LogP contribution is -2.51. The van der Waals surface area contributed by atoms with Gasteiger partial charge in [0.2, 0.25) is 13.6 Å². The third-order valence-electron chi connectivity index (χ3n) is 5.04. The molecule has 4 atom stereocenters. The number of ether oxygens (including phenoxy) is 4. The molecule has 0 bridgehead atoms. The highest BCUT2D eigenvalue weighted by molar-refractivity contribution is 5.87. The molecule has 2 saturated carbocycles. The summed E-state index contributed by atoms with van der Waals surface area (Å²) in [5.74, 6) is -3.82. The normalized spacial score (nSPS) is 28.5. The van der Waals surface area contributed by atoms with Gasteiger partial charge >= 0.3 is 23.9 Å². The van der Waals surface area contributed by atoms with E-state index >= 15 is 0 Å². The maximum absolute atomic E-state index is 12.3. The van der Waals surface area contributed by atoms with Crippen molar-refractivity contribution in [2.24, 2.45) is 35.3 Å². The standard InChI is InChI=1S/C18H27NO8/c1-9(2)14(20)24-7-26-16(22)12-11-5-6-18(19,13(11)12)17(23)27-8-25-15(21)10(3)4/h9-13H,5-8,19H2,1-4H3/t11?,12-,13-,18-/m0/s1. The molecule has 2 fully saturated rings.